The minimum Gasteiger partial charge on any atom is -1.00 e. The van der Waals surface area contributed by atoms with Crippen molar-refractivity contribution in [2.24, 2.45) is 0 Å². The van der Waals surface area contributed by atoms with Crippen LogP contribution in [0.2, 0.25) is 0 Å². The van der Waals surface area contributed by atoms with Gasteiger partial charge in [0, 0.05) is 0 Å². The topological polar surface area (TPSA) is 77.8 Å². The van der Waals surface area contributed by atoms with Gasteiger partial charge in [-0.1, -0.05) is 13.2 Å². The minimum absolute atomic E-state index is 0. The van der Waals surface area contributed by atoms with Crippen LogP contribution in [0.4, 0.5) is 0 Å². The van der Waals surface area contributed by atoms with E-state index in [0.29, 0.717) is 0 Å². The van der Waals surface area contributed by atoms with Crippen molar-refractivity contribution in [2.45, 2.75) is 0 Å². The average Bonchev–Trinajstić information content (AvgIpc) is 1.27. The predicted octanol–water partition coefficient (Wildman–Crippen LogP) is -2.85. The second kappa shape index (κ2) is 8.63. The molecule has 0 heterocycles. The van der Waals surface area contributed by atoms with E-state index in [9.17, 15) is 0 Å². The third-order valence-corrected chi connectivity index (χ3v) is 0. The zero-order chi connectivity index (χ0) is 7.21. The summed E-state index contributed by atoms with van der Waals surface area (Å²) in [5.74, 6) is 0. The van der Waals surface area contributed by atoms with Gasteiger partial charge in [-0.25, -0.2) is 4.57 Å². The van der Waals surface area contributed by atoms with Crippen LogP contribution in [-0.2, 0) is 4.57 Å². The average molecular weight is 162 g/mol. The van der Waals surface area contributed by atoms with Crippen molar-refractivity contribution in [3.63, 3.8) is 0 Å². The molecule has 0 bridgehead atoms. The third-order valence-electron chi connectivity index (χ3n) is 0. The van der Waals surface area contributed by atoms with Crippen LogP contribution in [0.3, 0.4) is 0 Å². The second-order valence-electron chi connectivity index (χ2n) is 0.763. The molecule has 0 atom stereocenters. The van der Waals surface area contributed by atoms with Gasteiger partial charge < -0.3 is 16.1 Å². The summed E-state index contributed by atoms with van der Waals surface area (Å²) in [6, 6.07) is 0. The Morgan fingerprint density at radius 2 is 1.33 bits per heavy atom. The van der Waals surface area contributed by atoms with Crippen LogP contribution in [0.1, 0.15) is 1.43 Å². The maximum Gasteiger partial charge on any atom is 1.00 e. The zero-order valence-electron chi connectivity index (χ0n) is 6.11. The van der Waals surface area contributed by atoms with E-state index < -0.39 is 7.82 Å². The Bertz CT molecular complexity index is 118. The molecule has 0 spiro atoms. The maximum absolute atomic E-state index is 8.88. The summed E-state index contributed by atoms with van der Waals surface area (Å²) in [6.45, 7) is 6.25. The Morgan fingerprint density at radius 3 is 1.33 bits per heavy atom. The fraction of sp³-hybridized carbons (Fsp3) is 0. The Kier molecular flexibility index (Phi) is 15.6. The van der Waals surface area contributed by atoms with Crippen molar-refractivity contribution in [1.29, 1.82) is 0 Å². The first kappa shape index (κ1) is 16.3. The molecule has 0 aromatic carbocycles. The Labute approximate surface area is 76.9 Å². The van der Waals surface area contributed by atoms with E-state index in [4.69, 9.17) is 19.2 Å². The zero-order valence-corrected chi connectivity index (χ0v) is 8.01. The fourth-order valence-electron chi connectivity index (χ4n) is 0. The molecule has 50 valence electrons. The van der Waals surface area contributed by atoms with E-state index in [1.165, 1.54) is 0 Å². The summed E-state index contributed by atoms with van der Waals surface area (Å²) >= 11 is 0. The van der Waals surface area contributed by atoms with Crippen LogP contribution >= 0.6 is 7.82 Å². The number of rotatable bonds is 0. The predicted molar refractivity (Wildman–Crippen MR) is 30.1 cm³/mol. The minimum atomic E-state index is -4.64. The van der Waals surface area contributed by atoms with Gasteiger partial charge in [0.05, 0.1) is 0 Å². The molecule has 0 aliphatic rings. The van der Waals surface area contributed by atoms with Crippen LogP contribution in [0.5, 0.6) is 0 Å². The van der Waals surface area contributed by atoms with E-state index in [1.807, 2.05) is 0 Å². The summed E-state index contributed by atoms with van der Waals surface area (Å²) in [4.78, 5) is 21.6. The molecule has 0 aromatic heterocycles. The van der Waals surface area contributed by atoms with Gasteiger partial charge in [-0.2, -0.15) is 0 Å². The molecule has 0 fully saturated rings. The summed E-state index contributed by atoms with van der Waals surface area (Å²) in [7, 11) is -4.64. The molecule has 4 nitrogen and oxygen atoms in total. The van der Waals surface area contributed by atoms with Gasteiger partial charge in [-0.05, 0) is 0 Å². The molecule has 0 unspecified atom stereocenters. The second-order valence-corrected chi connectivity index (χ2v) is 1.79. The molecule has 0 radical (unpaired) electrons. The molecule has 0 saturated carbocycles. The quantitative estimate of drug-likeness (QED) is 0.203. The van der Waals surface area contributed by atoms with Gasteiger partial charge in [-0.3, -0.25) is 0 Å². The van der Waals surface area contributed by atoms with Crippen LogP contribution in [0.15, 0.2) is 18.9 Å². The van der Waals surface area contributed by atoms with Crippen molar-refractivity contribution in [2.75, 3.05) is 0 Å². The molecule has 0 amide bonds. The Hall–Kier alpha value is 0.630. The Balaban J connectivity index is -0.0000000326. The largest absolute Gasteiger partial charge is 1.00 e. The monoisotopic (exact) mass is 162 g/mol. The van der Waals surface area contributed by atoms with Crippen molar-refractivity contribution >= 4 is 7.82 Å². The molecule has 6 heteroatoms. The SMILES string of the molecule is C=C=C.O=P(O)(O)O.[H-].[Na+]. The van der Waals surface area contributed by atoms with E-state index in [1.54, 1.807) is 0 Å². The van der Waals surface area contributed by atoms with Gasteiger partial charge in [0.1, 0.15) is 0 Å². The van der Waals surface area contributed by atoms with Gasteiger partial charge >= 0.3 is 37.4 Å². The molecule has 0 rings (SSSR count). The molecule has 0 aliphatic heterocycles. The van der Waals surface area contributed by atoms with E-state index in [-0.39, 0.29) is 31.0 Å². The van der Waals surface area contributed by atoms with Crippen molar-refractivity contribution in [3.05, 3.63) is 18.9 Å². The molecular formula is C3H8NaO4P. The van der Waals surface area contributed by atoms with E-state index >= 15 is 0 Å². The van der Waals surface area contributed by atoms with Gasteiger partial charge in [0.25, 0.3) is 0 Å². The van der Waals surface area contributed by atoms with Crippen LogP contribution in [0.25, 0.3) is 0 Å². The van der Waals surface area contributed by atoms with Crippen molar-refractivity contribution < 1.29 is 50.2 Å². The maximum atomic E-state index is 8.88. The van der Waals surface area contributed by atoms with E-state index in [2.05, 4.69) is 18.9 Å². The van der Waals surface area contributed by atoms with Gasteiger partial charge in [-0.15, -0.1) is 5.73 Å². The summed E-state index contributed by atoms with van der Waals surface area (Å²) in [5.41, 5.74) is 2.25. The van der Waals surface area contributed by atoms with Crippen molar-refractivity contribution in [1.82, 2.24) is 0 Å². The summed E-state index contributed by atoms with van der Waals surface area (Å²) in [5, 5.41) is 0. The van der Waals surface area contributed by atoms with Crippen LogP contribution in [0, 0.1) is 0 Å². The van der Waals surface area contributed by atoms with Crippen LogP contribution in [-0.4, -0.2) is 14.7 Å². The molecule has 0 saturated heterocycles. The van der Waals surface area contributed by atoms with Gasteiger partial charge in [0.15, 0.2) is 0 Å². The standard InChI is InChI=1S/C3H4.Na.H3O4P.H/c1-3-2;;1-5(2,3)4;/h1-2H2;;(H3,1,2,3,4);/q;+1;;-1. The first-order valence-electron chi connectivity index (χ1n) is 1.49. The molecule has 0 aromatic rings. The number of hydrogen-bond acceptors (Lipinski definition) is 1. The number of hydrogen-bond donors (Lipinski definition) is 3. The molecule has 9 heavy (non-hydrogen) atoms. The molecular weight excluding hydrogens is 154 g/mol. The molecule has 0 aliphatic carbocycles. The van der Waals surface area contributed by atoms with Gasteiger partial charge in [0.2, 0.25) is 0 Å². The fourth-order valence-corrected chi connectivity index (χ4v) is 0. The normalized spacial score (nSPS) is 7.44. The first-order chi connectivity index (χ1) is 3.41. The van der Waals surface area contributed by atoms with E-state index in [0.717, 1.165) is 0 Å². The van der Waals surface area contributed by atoms with Crippen molar-refractivity contribution in [3.8, 4) is 0 Å². The first-order valence-corrected chi connectivity index (χ1v) is 3.05. The Morgan fingerprint density at radius 1 is 1.33 bits per heavy atom. The summed E-state index contributed by atoms with van der Waals surface area (Å²) < 4.78 is 8.88. The van der Waals surface area contributed by atoms with Crippen LogP contribution < -0.4 is 29.6 Å². The number of phosphoric acid groups is 1. The third kappa shape index (κ3) is 956. The summed E-state index contributed by atoms with van der Waals surface area (Å²) in [6.07, 6.45) is 0. The smallest absolute Gasteiger partial charge is 1.00 e. The molecule has 3 N–H and O–H groups in total.